The Hall–Kier alpha value is -1.17. The molecule has 15 heavy (non-hydrogen) atoms. The van der Waals surface area contributed by atoms with Gasteiger partial charge in [-0.05, 0) is 6.42 Å². The van der Waals surface area contributed by atoms with E-state index in [0.717, 1.165) is 10.9 Å². The van der Waals surface area contributed by atoms with E-state index < -0.39 is 24.1 Å². The molecule has 7 heteroatoms. The normalized spacial score (nSPS) is 13.1. The van der Waals surface area contributed by atoms with Crippen molar-refractivity contribution in [2.75, 3.05) is 0 Å². The second kappa shape index (κ2) is 4.57. The van der Waals surface area contributed by atoms with E-state index in [1.54, 1.807) is 6.92 Å². The fourth-order valence-electron chi connectivity index (χ4n) is 1.26. The number of aliphatic carboxylic acids is 1. The van der Waals surface area contributed by atoms with Gasteiger partial charge in [-0.1, -0.05) is 18.5 Å². The molecule has 0 bridgehead atoms. The van der Waals surface area contributed by atoms with Gasteiger partial charge in [-0.2, -0.15) is 5.10 Å². The Kier molecular flexibility index (Phi) is 3.62. The second-order valence-corrected chi connectivity index (χ2v) is 3.29. The van der Waals surface area contributed by atoms with Crippen molar-refractivity contribution < 1.29 is 18.7 Å². The zero-order valence-corrected chi connectivity index (χ0v) is 8.58. The van der Waals surface area contributed by atoms with Gasteiger partial charge in [-0.25, -0.2) is 18.3 Å². The van der Waals surface area contributed by atoms with Crippen LogP contribution >= 0.6 is 11.6 Å². The van der Waals surface area contributed by atoms with Crippen molar-refractivity contribution in [3.05, 3.63) is 16.9 Å². The minimum Gasteiger partial charge on any atom is -0.480 e. The summed E-state index contributed by atoms with van der Waals surface area (Å²) in [5.41, 5.74) is -0.550. The third kappa shape index (κ3) is 2.26. The molecule has 84 valence electrons. The maximum atomic E-state index is 12.5. The summed E-state index contributed by atoms with van der Waals surface area (Å²) in [4.78, 5) is 10.8. The number of rotatable bonds is 4. The highest BCUT2D eigenvalue weighted by molar-refractivity contribution is 6.31. The van der Waals surface area contributed by atoms with Crippen LogP contribution in [0.3, 0.4) is 0 Å². The number of alkyl halides is 2. The van der Waals surface area contributed by atoms with Crippen molar-refractivity contribution in [1.82, 2.24) is 9.78 Å². The van der Waals surface area contributed by atoms with E-state index in [1.165, 1.54) is 0 Å². The van der Waals surface area contributed by atoms with Crippen LogP contribution < -0.4 is 0 Å². The van der Waals surface area contributed by atoms with E-state index >= 15 is 0 Å². The molecule has 1 heterocycles. The zero-order chi connectivity index (χ0) is 11.6. The van der Waals surface area contributed by atoms with Gasteiger partial charge in [-0.3, -0.25) is 0 Å². The average Bonchev–Trinajstić information content (AvgIpc) is 2.48. The number of nitrogens with zero attached hydrogens (tertiary/aromatic N) is 2. The Morgan fingerprint density at radius 1 is 1.73 bits per heavy atom. The van der Waals surface area contributed by atoms with Crippen LogP contribution in [-0.2, 0) is 4.79 Å². The summed E-state index contributed by atoms with van der Waals surface area (Å²) in [5, 5.41) is 12.1. The summed E-state index contributed by atoms with van der Waals surface area (Å²) < 4.78 is 25.8. The number of halogens is 3. The molecule has 0 aliphatic heterocycles. The molecule has 1 N–H and O–H groups in total. The molecule has 1 atom stereocenters. The van der Waals surface area contributed by atoms with Crippen LogP contribution in [0.25, 0.3) is 0 Å². The minimum absolute atomic E-state index is 0.160. The topological polar surface area (TPSA) is 55.1 Å². The summed E-state index contributed by atoms with van der Waals surface area (Å²) in [6.07, 6.45) is -1.66. The Morgan fingerprint density at radius 3 is 2.73 bits per heavy atom. The molecule has 0 saturated heterocycles. The van der Waals surface area contributed by atoms with Gasteiger partial charge in [0.15, 0.2) is 0 Å². The third-order valence-corrected chi connectivity index (χ3v) is 2.25. The van der Waals surface area contributed by atoms with Crippen LogP contribution in [0, 0.1) is 0 Å². The SMILES string of the molecule is CC[C@@H](C(=O)O)n1ncc(Cl)c1C(F)F. The lowest BCUT2D eigenvalue weighted by molar-refractivity contribution is -0.141. The molecular formula is C8H9ClF2N2O2. The van der Waals surface area contributed by atoms with Crippen molar-refractivity contribution in [2.45, 2.75) is 25.8 Å². The van der Waals surface area contributed by atoms with Gasteiger partial charge in [0.05, 0.1) is 11.2 Å². The standard InChI is InChI=1S/C8H9ClF2N2O2/c1-2-5(8(14)15)13-6(7(10)11)4(9)3-12-13/h3,5,7H,2H2,1H3,(H,14,15)/t5-/m0/s1. The number of aromatic nitrogens is 2. The molecule has 0 amide bonds. The van der Waals surface area contributed by atoms with Crippen LogP contribution in [-0.4, -0.2) is 20.9 Å². The van der Waals surface area contributed by atoms with Crippen LogP contribution in [0.5, 0.6) is 0 Å². The first kappa shape index (κ1) is 11.9. The largest absolute Gasteiger partial charge is 0.480 e. The highest BCUT2D eigenvalue weighted by atomic mass is 35.5. The average molecular weight is 239 g/mol. The van der Waals surface area contributed by atoms with Crippen LogP contribution in [0.1, 0.15) is 31.5 Å². The molecule has 0 unspecified atom stereocenters. The number of carboxylic acids is 1. The quantitative estimate of drug-likeness (QED) is 0.877. The van der Waals surface area contributed by atoms with Crippen molar-refractivity contribution in [3.63, 3.8) is 0 Å². The Balaban J connectivity index is 3.18. The lowest BCUT2D eigenvalue weighted by atomic mass is 10.2. The van der Waals surface area contributed by atoms with E-state index in [4.69, 9.17) is 16.7 Å². The van der Waals surface area contributed by atoms with Gasteiger partial charge in [0.1, 0.15) is 11.7 Å². The van der Waals surface area contributed by atoms with Crippen LogP contribution in [0.2, 0.25) is 5.02 Å². The van der Waals surface area contributed by atoms with Crippen molar-refractivity contribution in [2.24, 2.45) is 0 Å². The molecule has 0 aliphatic rings. The van der Waals surface area contributed by atoms with Crippen LogP contribution in [0.15, 0.2) is 6.20 Å². The number of carboxylic acid groups (broad SMARTS) is 1. The third-order valence-electron chi connectivity index (χ3n) is 1.96. The maximum absolute atomic E-state index is 12.5. The molecule has 0 fully saturated rings. The fraction of sp³-hybridized carbons (Fsp3) is 0.500. The Morgan fingerprint density at radius 2 is 2.33 bits per heavy atom. The summed E-state index contributed by atoms with van der Waals surface area (Å²) in [6.45, 7) is 1.57. The molecule has 1 aromatic heterocycles. The van der Waals surface area contributed by atoms with Gasteiger partial charge in [0.2, 0.25) is 0 Å². The van der Waals surface area contributed by atoms with Crippen molar-refractivity contribution in [1.29, 1.82) is 0 Å². The highest BCUT2D eigenvalue weighted by Crippen LogP contribution is 2.29. The molecule has 0 spiro atoms. The first-order valence-corrected chi connectivity index (χ1v) is 4.60. The Labute approximate surface area is 89.5 Å². The Bertz CT molecular complexity index is 368. The fourth-order valence-corrected chi connectivity index (χ4v) is 1.47. The van der Waals surface area contributed by atoms with E-state index in [1.807, 2.05) is 0 Å². The van der Waals surface area contributed by atoms with Gasteiger partial charge < -0.3 is 5.11 Å². The molecular weight excluding hydrogens is 230 g/mol. The second-order valence-electron chi connectivity index (χ2n) is 2.89. The molecule has 1 rings (SSSR count). The summed E-state index contributed by atoms with van der Waals surface area (Å²) in [5.74, 6) is -1.21. The van der Waals surface area contributed by atoms with Gasteiger partial charge >= 0.3 is 5.97 Å². The number of carbonyl (C=O) groups is 1. The lowest BCUT2D eigenvalue weighted by Gasteiger charge is -2.13. The first-order chi connectivity index (χ1) is 6.99. The number of hydrogen-bond acceptors (Lipinski definition) is 2. The molecule has 4 nitrogen and oxygen atoms in total. The summed E-state index contributed by atoms with van der Waals surface area (Å²) in [6, 6.07) is -1.11. The predicted octanol–water partition coefficient (Wildman–Crippen LogP) is 2.51. The van der Waals surface area contributed by atoms with Gasteiger partial charge in [-0.15, -0.1) is 0 Å². The smallest absolute Gasteiger partial charge is 0.328 e. The van der Waals surface area contributed by atoms with E-state index in [2.05, 4.69) is 5.10 Å². The van der Waals surface area contributed by atoms with Gasteiger partial charge in [0.25, 0.3) is 6.43 Å². The van der Waals surface area contributed by atoms with Crippen molar-refractivity contribution in [3.8, 4) is 0 Å². The van der Waals surface area contributed by atoms with E-state index in [9.17, 15) is 13.6 Å². The molecule has 0 aromatic carbocycles. The first-order valence-electron chi connectivity index (χ1n) is 4.22. The summed E-state index contributed by atoms with van der Waals surface area (Å²) in [7, 11) is 0. The molecule has 0 aliphatic carbocycles. The lowest BCUT2D eigenvalue weighted by Crippen LogP contribution is -2.21. The molecule has 1 aromatic rings. The van der Waals surface area contributed by atoms with E-state index in [0.29, 0.717) is 0 Å². The maximum Gasteiger partial charge on any atom is 0.328 e. The minimum atomic E-state index is -2.84. The molecule has 0 radical (unpaired) electrons. The van der Waals surface area contributed by atoms with Crippen LogP contribution in [0.4, 0.5) is 8.78 Å². The van der Waals surface area contributed by atoms with E-state index in [-0.39, 0.29) is 11.4 Å². The molecule has 0 saturated carbocycles. The zero-order valence-electron chi connectivity index (χ0n) is 7.82. The monoisotopic (exact) mass is 238 g/mol. The predicted molar refractivity (Wildman–Crippen MR) is 49.2 cm³/mol. The van der Waals surface area contributed by atoms with Crippen molar-refractivity contribution >= 4 is 17.6 Å². The number of hydrogen-bond donors (Lipinski definition) is 1. The highest BCUT2D eigenvalue weighted by Gasteiger charge is 2.27. The van der Waals surface area contributed by atoms with Gasteiger partial charge in [0, 0.05) is 0 Å². The summed E-state index contributed by atoms with van der Waals surface area (Å²) >= 11 is 5.49.